The third-order valence-electron chi connectivity index (χ3n) is 1.68. The van der Waals surface area contributed by atoms with Crippen LogP contribution in [0.1, 0.15) is 12.2 Å². The number of aryl methyl sites for hydroxylation is 1. The van der Waals surface area contributed by atoms with Gasteiger partial charge in [0.1, 0.15) is 5.82 Å². The highest BCUT2D eigenvalue weighted by atomic mass is 32.2. The van der Waals surface area contributed by atoms with Crippen LogP contribution in [-0.2, 0) is 6.54 Å². The number of H-pyrrole nitrogens is 1. The van der Waals surface area contributed by atoms with E-state index in [2.05, 4.69) is 16.5 Å². The van der Waals surface area contributed by atoms with Crippen LogP contribution < -0.4 is 0 Å². The summed E-state index contributed by atoms with van der Waals surface area (Å²) in [4.78, 5) is 0. The van der Waals surface area contributed by atoms with Crippen LogP contribution in [-0.4, -0.2) is 26.8 Å². The van der Waals surface area contributed by atoms with Gasteiger partial charge in [-0.2, -0.15) is 16.9 Å². The van der Waals surface area contributed by atoms with Crippen molar-refractivity contribution in [2.75, 3.05) is 12.0 Å². The van der Waals surface area contributed by atoms with Crippen molar-refractivity contribution in [3.8, 4) is 0 Å². The fourth-order valence-electron chi connectivity index (χ4n) is 1.03. The summed E-state index contributed by atoms with van der Waals surface area (Å²) >= 11 is 6.92. The molecule has 0 amide bonds. The molecule has 0 unspecified atom stereocenters. The summed E-state index contributed by atoms with van der Waals surface area (Å²) < 4.78 is 2.76. The van der Waals surface area contributed by atoms with Crippen LogP contribution in [0.15, 0.2) is 0 Å². The predicted octanol–water partition coefficient (Wildman–Crippen LogP) is 2.00. The van der Waals surface area contributed by atoms with Crippen molar-refractivity contribution in [2.45, 2.75) is 19.9 Å². The number of hydrogen-bond acceptors (Lipinski definition) is 3. The zero-order chi connectivity index (χ0) is 8.97. The minimum atomic E-state index is 0.730. The summed E-state index contributed by atoms with van der Waals surface area (Å²) in [6.07, 6.45) is 3.26. The van der Waals surface area contributed by atoms with Crippen molar-refractivity contribution >= 4 is 24.0 Å². The topological polar surface area (TPSA) is 33.6 Å². The van der Waals surface area contributed by atoms with Gasteiger partial charge in [-0.05, 0) is 37.6 Å². The zero-order valence-corrected chi connectivity index (χ0v) is 8.97. The molecule has 0 aromatic carbocycles. The predicted molar refractivity (Wildman–Crippen MR) is 55.1 cm³/mol. The van der Waals surface area contributed by atoms with Gasteiger partial charge >= 0.3 is 0 Å². The van der Waals surface area contributed by atoms with Crippen LogP contribution in [0, 0.1) is 11.7 Å². The van der Waals surface area contributed by atoms with Crippen LogP contribution in [0.4, 0.5) is 0 Å². The molecule has 0 aliphatic carbocycles. The fourth-order valence-corrected chi connectivity index (χ4v) is 1.71. The molecular formula is C7H13N3S2. The second-order valence-electron chi connectivity index (χ2n) is 2.57. The molecule has 1 N–H and O–H groups in total. The van der Waals surface area contributed by atoms with Gasteiger partial charge in [0.2, 0.25) is 0 Å². The molecular weight excluding hydrogens is 190 g/mol. The average Bonchev–Trinajstić information content (AvgIpc) is 2.35. The first-order valence-electron chi connectivity index (χ1n) is 3.86. The fraction of sp³-hybridized carbons (Fsp3) is 0.714. The van der Waals surface area contributed by atoms with Crippen LogP contribution in [0.2, 0.25) is 0 Å². The molecule has 0 spiro atoms. The van der Waals surface area contributed by atoms with Gasteiger partial charge in [0.15, 0.2) is 4.77 Å². The van der Waals surface area contributed by atoms with E-state index >= 15 is 0 Å². The van der Waals surface area contributed by atoms with E-state index in [0.29, 0.717) is 0 Å². The Kier molecular flexibility index (Phi) is 3.81. The first-order chi connectivity index (χ1) is 5.75. The molecule has 0 fully saturated rings. The Hall–Kier alpha value is -0.290. The second-order valence-corrected chi connectivity index (χ2v) is 3.95. The monoisotopic (exact) mass is 203 g/mol. The van der Waals surface area contributed by atoms with Gasteiger partial charge in [0.05, 0.1) is 0 Å². The number of aromatic amines is 1. The summed E-state index contributed by atoms with van der Waals surface area (Å²) in [5, 5.41) is 6.81. The standard InChI is InChI=1S/C7H13N3S2/c1-6-8-9-7(11)10(6)4-3-5-12-2/h3-5H2,1-2H3,(H,9,11). The molecule has 1 aromatic rings. The molecule has 0 atom stereocenters. The number of nitrogens with one attached hydrogen (secondary N) is 1. The highest BCUT2D eigenvalue weighted by Gasteiger charge is 1.98. The van der Waals surface area contributed by atoms with Gasteiger partial charge in [-0.3, -0.25) is 5.10 Å². The van der Waals surface area contributed by atoms with Gasteiger partial charge in [-0.1, -0.05) is 0 Å². The lowest BCUT2D eigenvalue weighted by molar-refractivity contribution is 0.654. The number of nitrogens with zero attached hydrogens (tertiary/aromatic N) is 2. The maximum atomic E-state index is 5.06. The highest BCUT2D eigenvalue weighted by Crippen LogP contribution is 2.01. The van der Waals surface area contributed by atoms with Crippen LogP contribution >= 0.6 is 24.0 Å². The van der Waals surface area contributed by atoms with Gasteiger partial charge in [-0.25, -0.2) is 0 Å². The Balaban J connectivity index is 2.56. The SMILES string of the molecule is CSCCCn1c(C)n[nH]c1=S. The normalized spacial score (nSPS) is 10.5. The first kappa shape index (κ1) is 9.80. The lowest BCUT2D eigenvalue weighted by Crippen LogP contribution is -2.01. The number of rotatable bonds is 4. The molecule has 0 bridgehead atoms. The maximum Gasteiger partial charge on any atom is 0.195 e. The van der Waals surface area contributed by atoms with Crippen molar-refractivity contribution in [1.29, 1.82) is 0 Å². The van der Waals surface area contributed by atoms with Crippen molar-refractivity contribution in [1.82, 2.24) is 14.8 Å². The molecule has 0 aliphatic heterocycles. The molecule has 5 heteroatoms. The van der Waals surface area contributed by atoms with Crippen molar-refractivity contribution < 1.29 is 0 Å². The summed E-state index contributed by atoms with van der Waals surface area (Å²) in [7, 11) is 0. The number of aromatic nitrogens is 3. The van der Waals surface area contributed by atoms with E-state index < -0.39 is 0 Å². The lowest BCUT2D eigenvalue weighted by Gasteiger charge is -2.01. The molecule has 0 radical (unpaired) electrons. The Bertz CT molecular complexity index is 289. The van der Waals surface area contributed by atoms with Crippen LogP contribution in [0.5, 0.6) is 0 Å². The quantitative estimate of drug-likeness (QED) is 0.600. The maximum absolute atomic E-state index is 5.06. The van der Waals surface area contributed by atoms with E-state index in [4.69, 9.17) is 12.2 Å². The minimum Gasteiger partial charge on any atom is -0.304 e. The van der Waals surface area contributed by atoms with E-state index in [-0.39, 0.29) is 0 Å². The second kappa shape index (κ2) is 4.67. The smallest absolute Gasteiger partial charge is 0.195 e. The Morgan fingerprint density at radius 3 is 2.92 bits per heavy atom. The van der Waals surface area contributed by atoms with E-state index in [1.807, 2.05) is 23.3 Å². The zero-order valence-electron chi connectivity index (χ0n) is 7.33. The molecule has 1 aromatic heterocycles. The van der Waals surface area contributed by atoms with Crippen molar-refractivity contribution in [3.63, 3.8) is 0 Å². The molecule has 1 heterocycles. The Morgan fingerprint density at radius 2 is 2.42 bits per heavy atom. The van der Waals surface area contributed by atoms with Gasteiger partial charge < -0.3 is 4.57 Å². The molecule has 0 aliphatic rings. The van der Waals surface area contributed by atoms with E-state index in [1.165, 1.54) is 5.75 Å². The highest BCUT2D eigenvalue weighted by molar-refractivity contribution is 7.98. The van der Waals surface area contributed by atoms with Gasteiger partial charge in [0.25, 0.3) is 0 Å². The Labute approximate surface area is 81.6 Å². The summed E-state index contributed by atoms with van der Waals surface area (Å²) in [5.74, 6) is 2.15. The largest absolute Gasteiger partial charge is 0.304 e. The number of thioether (sulfide) groups is 1. The molecule has 0 saturated heterocycles. The third kappa shape index (κ3) is 2.35. The van der Waals surface area contributed by atoms with Gasteiger partial charge in [-0.15, -0.1) is 0 Å². The molecule has 1 rings (SSSR count). The van der Waals surface area contributed by atoms with Crippen molar-refractivity contribution in [2.24, 2.45) is 0 Å². The summed E-state index contributed by atoms with van der Waals surface area (Å²) in [5.41, 5.74) is 0. The molecule has 3 nitrogen and oxygen atoms in total. The van der Waals surface area contributed by atoms with Gasteiger partial charge in [0, 0.05) is 6.54 Å². The van der Waals surface area contributed by atoms with E-state index in [1.54, 1.807) is 0 Å². The van der Waals surface area contributed by atoms with Crippen molar-refractivity contribution in [3.05, 3.63) is 10.6 Å². The van der Waals surface area contributed by atoms with Crippen LogP contribution in [0.25, 0.3) is 0 Å². The first-order valence-corrected chi connectivity index (χ1v) is 5.66. The lowest BCUT2D eigenvalue weighted by atomic mass is 10.4. The van der Waals surface area contributed by atoms with Crippen LogP contribution in [0.3, 0.4) is 0 Å². The summed E-state index contributed by atoms with van der Waals surface area (Å²) in [6, 6.07) is 0. The molecule has 12 heavy (non-hydrogen) atoms. The minimum absolute atomic E-state index is 0.730. The van der Waals surface area contributed by atoms with E-state index in [9.17, 15) is 0 Å². The Morgan fingerprint density at radius 1 is 1.67 bits per heavy atom. The average molecular weight is 203 g/mol. The summed E-state index contributed by atoms with van der Waals surface area (Å²) in [6.45, 7) is 2.94. The van der Waals surface area contributed by atoms with E-state index in [0.717, 1.165) is 23.6 Å². The molecule has 68 valence electrons. The number of hydrogen-bond donors (Lipinski definition) is 1. The molecule has 0 saturated carbocycles. The third-order valence-corrected chi connectivity index (χ3v) is 2.69.